The molecule has 29 heavy (non-hydrogen) atoms. The maximum atomic E-state index is 12.0. The van der Waals surface area contributed by atoms with E-state index in [1.54, 1.807) is 0 Å². The Bertz CT molecular complexity index is 791. The summed E-state index contributed by atoms with van der Waals surface area (Å²) in [6.07, 6.45) is 1.08. The van der Waals surface area contributed by atoms with Crippen LogP contribution in [0.25, 0.3) is 0 Å². The molecule has 11 heteroatoms. The standard InChI is InChI=1S/C18H32N6O4S/c1-17(2,3)23-15(25)9-19-12-8-13(20-10-16(26)24-18(4,5)6)22-14(21-12)11-29(7,27)28/h8H,9-11H2,1-7H3,(H,23,25)(H,24,26)(H2,19,20,21,22). The van der Waals surface area contributed by atoms with E-state index in [2.05, 4.69) is 31.2 Å². The summed E-state index contributed by atoms with van der Waals surface area (Å²) in [6, 6.07) is 1.51. The highest BCUT2D eigenvalue weighted by Gasteiger charge is 2.16. The Labute approximate surface area is 172 Å². The number of carbonyl (C=O) groups excluding carboxylic acids is 2. The minimum atomic E-state index is -3.36. The Morgan fingerprint density at radius 2 is 1.24 bits per heavy atom. The van der Waals surface area contributed by atoms with Crippen LogP contribution in [-0.4, -0.2) is 60.6 Å². The molecule has 1 aromatic rings. The number of nitrogens with zero attached hydrogens (tertiary/aromatic N) is 2. The Balaban J connectivity index is 2.92. The molecule has 0 aliphatic carbocycles. The van der Waals surface area contributed by atoms with Gasteiger partial charge in [0.05, 0.1) is 13.1 Å². The summed E-state index contributed by atoms with van der Waals surface area (Å²) in [6.45, 7) is 11.1. The minimum absolute atomic E-state index is 0.0451. The fraction of sp³-hybridized carbons (Fsp3) is 0.667. The van der Waals surface area contributed by atoms with Gasteiger partial charge in [-0.15, -0.1) is 0 Å². The second-order valence-electron chi connectivity index (χ2n) is 8.93. The highest BCUT2D eigenvalue weighted by atomic mass is 32.2. The molecule has 0 spiro atoms. The summed E-state index contributed by atoms with van der Waals surface area (Å²) in [5, 5.41) is 11.3. The number of amides is 2. The monoisotopic (exact) mass is 428 g/mol. The van der Waals surface area contributed by atoms with E-state index < -0.39 is 9.84 Å². The van der Waals surface area contributed by atoms with Crippen molar-refractivity contribution in [1.29, 1.82) is 0 Å². The van der Waals surface area contributed by atoms with Crippen LogP contribution in [0.3, 0.4) is 0 Å². The molecule has 0 saturated carbocycles. The van der Waals surface area contributed by atoms with Crippen LogP contribution >= 0.6 is 0 Å². The average molecular weight is 429 g/mol. The third-order valence-corrected chi connectivity index (χ3v) is 3.84. The van der Waals surface area contributed by atoms with Crippen molar-refractivity contribution < 1.29 is 18.0 Å². The maximum absolute atomic E-state index is 12.0. The van der Waals surface area contributed by atoms with E-state index in [0.717, 1.165) is 6.26 Å². The van der Waals surface area contributed by atoms with E-state index in [0.29, 0.717) is 0 Å². The number of aromatic nitrogens is 2. The number of rotatable bonds is 8. The lowest BCUT2D eigenvalue weighted by molar-refractivity contribution is -0.121. The molecule has 1 aromatic heterocycles. The van der Waals surface area contributed by atoms with E-state index in [4.69, 9.17) is 0 Å². The smallest absolute Gasteiger partial charge is 0.239 e. The van der Waals surface area contributed by atoms with Crippen molar-refractivity contribution in [1.82, 2.24) is 20.6 Å². The normalized spacial score (nSPS) is 12.2. The van der Waals surface area contributed by atoms with Crippen LogP contribution in [0, 0.1) is 0 Å². The molecule has 0 bridgehead atoms. The summed E-state index contributed by atoms with van der Waals surface area (Å²) in [5.41, 5.74) is -0.752. The van der Waals surface area contributed by atoms with Crippen LogP contribution in [-0.2, 0) is 25.2 Å². The molecular weight excluding hydrogens is 396 g/mol. The molecule has 0 aliphatic rings. The van der Waals surface area contributed by atoms with Gasteiger partial charge in [0.1, 0.15) is 23.2 Å². The summed E-state index contributed by atoms with van der Waals surface area (Å²) in [4.78, 5) is 32.3. The quantitative estimate of drug-likeness (QED) is 0.473. The first kappa shape index (κ1) is 24.6. The van der Waals surface area contributed by atoms with Crippen molar-refractivity contribution in [2.24, 2.45) is 0 Å². The van der Waals surface area contributed by atoms with Crippen molar-refractivity contribution in [3.8, 4) is 0 Å². The minimum Gasteiger partial charge on any atom is -0.361 e. The van der Waals surface area contributed by atoms with Crippen molar-refractivity contribution in [3.05, 3.63) is 11.9 Å². The summed E-state index contributed by atoms with van der Waals surface area (Å²) < 4.78 is 23.2. The molecule has 1 rings (SSSR count). The Hall–Kier alpha value is -2.43. The number of hydrogen-bond acceptors (Lipinski definition) is 8. The number of hydrogen-bond donors (Lipinski definition) is 4. The number of carbonyl (C=O) groups is 2. The number of nitrogens with one attached hydrogen (secondary N) is 4. The Morgan fingerprint density at radius 1 is 0.862 bits per heavy atom. The van der Waals surface area contributed by atoms with Gasteiger partial charge in [0.15, 0.2) is 9.84 Å². The Kier molecular flexibility index (Phi) is 7.96. The van der Waals surface area contributed by atoms with Gasteiger partial charge < -0.3 is 21.3 Å². The third kappa shape index (κ3) is 11.9. The summed E-state index contributed by atoms with van der Waals surface area (Å²) in [7, 11) is -3.36. The Morgan fingerprint density at radius 3 is 1.55 bits per heavy atom. The zero-order valence-corrected chi connectivity index (χ0v) is 19.0. The van der Waals surface area contributed by atoms with Crippen molar-refractivity contribution in [3.63, 3.8) is 0 Å². The van der Waals surface area contributed by atoms with Crippen LogP contribution < -0.4 is 21.3 Å². The topological polar surface area (TPSA) is 142 Å². The van der Waals surface area contributed by atoms with E-state index in [1.165, 1.54) is 6.07 Å². The van der Waals surface area contributed by atoms with Crippen LogP contribution in [0.1, 0.15) is 47.4 Å². The molecule has 0 unspecified atom stereocenters. The average Bonchev–Trinajstić information content (AvgIpc) is 2.46. The van der Waals surface area contributed by atoms with Gasteiger partial charge in [0, 0.05) is 23.4 Å². The SMILES string of the molecule is CC(C)(C)NC(=O)CNc1cc(NCC(=O)NC(C)(C)C)nc(CS(C)(=O)=O)n1. The van der Waals surface area contributed by atoms with Crippen LogP contribution in [0.4, 0.5) is 11.6 Å². The lowest BCUT2D eigenvalue weighted by Crippen LogP contribution is -2.43. The largest absolute Gasteiger partial charge is 0.361 e. The molecule has 0 aromatic carbocycles. The zero-order valence-electron chi connectivity index (χ0n) is 18.1. The second-order valence-corrected chi connectivity index (χ2v) is 11.1. The van der Waals surface area contributed by atoms with Crippen LogP contribution in [0.5, 0.6) is 0 Å². The third-order valence-electron chi connectivity index (χ3n) is 3.05. The number of anilines is 2. The van der Waals surface area contributed by atoms with Gasteiger partial charge >= 0.3 is 0 Å². The molecular formula is C18H32N6O4S. The van der Waals surface area contributed by atoms with Gasteiger partial charge in [-0.1, -0.05) is 0 Å². The predicted octanol–water partition coefficient (Wildman–Crippen LogP) is 0.674. The van der Waals surface area contributed by atoms with Gasteiger partial charge in [-0.3, -0.25) is 9.59 Å². The van der Waals surface area contributed by atoms with Crippen LogP contribution in [0.2, 0.25) is 0 Å². The van der Waals surface area contributed by atoms with Crippen molar-refractivity contribution in [2.45, 2.75) is 58.4 Å². The van der Waals surface area contributed by atoms with E-state index in [1.807, 2.05) is 41.5 Å². The van der Waals surface area contributed by atoms with Gasteiger partial charge in [-0.05, 0) is 41.5 Å². The highest BCUT2D eigenvalue weighted by molar-refractivity contribution is 7.89. The van der Waals surface area contributed by atoms with Crippen LogP contribution in [0.15, 0.2) is 6.07 Å². The highest BCUT2D eigenvalue weighted by Crippen LogP contribution is 2.13. The molecule has 10 nitrogen and oxygen atoms in total. The molecule has 0 fully saturated rings. The first-order chi connectivity index (χ1) is 13.0. The second kappa shape index (κ2) is 9.38. The summed E-state index contributed by atoms with van der Waals surface area (Å²) >= 11 is 0. The van der Waals surface area contributed by atoms with Gasteiger partial charge in [0.25, 0.3) is 0 Å². The summed E-state index contributed by atoms with van der Waals surface area (Å²) in [5.74, 6) is -0.213. The van der Waals surface area contributed by atoms with Gasteiger partial charge in [-0.25, -0.2) is 18.4 Å². The predicted molar refractivity (Wildman–Crippen MR) is 113 cm³/mol. The first-order valence-electron chi connectivity index (χ1n) is 9.18. The van der Waals surface area contributed by atoms with Crippen molar-refractivity contribution >= 4 is 33.3 Å². The van der Waals surface area contributed by atoms with Gasteiger partial charge in [0.2, 0.25) is 11.8 Å². The number of sulfone groups is 1. The first-order valence-corrected chi connectivity index (χ1v) is 11.2. The molecule has 0 atom stereocenters. The van der Waals surface area contributed by atoms with E-state index in [9.17, 15) is 18.0 Å². The van der Waals surface area contributed by atoms with E-state index >= 15 is 0 Å². The van der Waals surface area contributed by atoms with E-state index in [-0.39, 0.29) is 59.2 Å². The molecule has 2 amide bonds. The molecule has 0 aliphatic heterocycles. The van der Waals surface area contributed by atoms with Gasteiger partial charge in [-0.2, -0.15) is 0 Å². The molecule has 164 valence electrons. The fourth-order valence-corrected chi connectivity index (χ4v) is 2.84. The molecule has 0 saturated heterocycles. The zero-order chi connectivity index (χ0) is 22.5. The van der Waals surface area contributed by atoms with Crippen molar-refractivity contribution in [2.75, 3.05) is 30.0 Å². The maximum Gasteiger partial charge on any atom is 0.239 e. The molecule has 4 N–H and O–H groups in total. The molecule has 1 heterocycles. The lowest BCUT2D eigenvalue weighted by atomic mass is 10.1. The lowest BCUT2D eigenvalue weighted by Gasteiger charge is -2.21. The molecule has 0 radical (unpaired) electrons. The fourth-order valence-electron chi connectivity index (χ4n) is 2.24.